The third-order valence-electron chi connectivity index (χ3n) is 3.39. The van der Waals surface area contributed by atoms with Crippen molar-refractivity contribution in [3.63, 3.8) is 0 Å². The highest BCUT2D eigenvalue weighted by Crippen LogP contribution is 2.20. The van der Waals surface area contributed by atoms with E-state index in [1.165, 1.54) is 0 Å². The molecule has 0 bridgehead atoms. The van der Waals surface area contributed by atoms with Crippen LogP contribution < -0.4 is 0 Å². The third kappa shape index (κ3) is 1.88. The summed E-state index contributed by atoms with van der Waals surface area (Å²) in [5, 5.41) is 1.09. The molecule has 1 aromatic carbocycles. The van der Waals surface area contributed by atoms with E-state index in [0.29, 0.717) is 32.0 Å². The van der Waals surface area contributed by atoms with Crippen molar-refractivity contribution in [2.24, 2.45) is 0 Å². The number of aromatic nitrogens is 1. The van der Waals surface area contributed by atoms with Crippen molar-refractivity contribution in [1.29, 1.82) is 0 Å². The topological polar surface area (TPSA) is 45.3 Å². The fraction of sp³-hybridized carbons (Fsp3) is 0.357. The van der Waals surface area contributed by atoms with Crippen LogP contribution in [0, 0.1) is 6.92 Å². The van der Waals surface area contributed by atoms with Gasteiger partial charge in [0.25, 0.3) is 5.91 Å². The minimum Gasteiger partial charge on any atom is -0.378 e. The highest BCUT2D eigenvalue weighted by atomic mass is 16.5. The first kappa shape index (κ1) is 11.3. The Hall–Kier alpha value is -1.81. The molecule has 4 heteroatoms. The number of para-hydroxylation sites is 1. The number of rotatable bonds is 1. The number of amides is 1. The molecule has 0 atom stereocenters. The SMILES string of the molecule is Cc1cccc2cc(C(=O)N3CCOCC3)[nH]c12. The van der Waals surface area contributed by atoms with E-state index in [-0.39, 0.29) is 5.91 Å². The summed E-state index contributed by atoms with van der Waals surface area (Å²) in [6.45, 7) is 4.65. The second-order valence-electron chi connectivity index (χ2n) is 4.63. The summed E-state index contributed by atoms with van der Waals surface area (Å²) >= 11 is 0. The largest absolute Gasteiger partial charge is 0.378 e. The lowest BCUT2D eigenvalue weighted by Gasteiger charge is -2.26. The molecule has 4 nitrogen and oxygen atoms in total. The van der Waals surface area contributed by atoms with Crippen LogP contribution in [0.15, 0.2) is 24.3 Å². The first-order valence-electron chi connectivity index (χ1n) is 6.21. The van der Waals surface area contributed by atoms with E-state index >= 15 is 0 Å². The van der Waals surface area contributed by atoms with E-state index in [2.05, 4.69) is 4.98 Å². The van der Waals surface area contributed by atoms with Crippen molar-refractivity contribution in [2.45, 2.75) is 6.92 Å². The van der Waals surface area contributed by atoms with Crippen LogP contribution in [0.5, 0.6) is 0 Å². The highest BCUT2D eigenvalue weighted by molar-refractivity contribution is 5.98. The first-order valence-corrected chi connectivity index (χ1v) is 6.21. The Balaban J connectivity index is 1.94. The monoisotopic (exact) mass is 244 g/mol. The maximum Gasteiger partial charge on any atom is 0.270 e. The van der Waals surface area contributed by atoms with Crippen LogP contribution in [0.2, 0.25) is 0 Å². The average Bonchev–Trinajstić information content (AvgIpc) is 2.84. The molecule has 1 saturated heterocycles. The fourth-order valence-electron chi connectivity index (χ4n) is 2.36. The van der Waals surface area contributed by atoms with Crippen LogP contribution in [-0.4, -0.2) is 42.1 Å². The zero-order chi connectivity index (χ0) is 12.5. The molecule has 2 aromatic rings. The molecule has 0 unspecified atom stereocenters. The molecule has 94 valence electrons. The lowest BCUT2D eigenvalue weighted by atomic mass is 10.2. The van der Waals surface area contributed by atoms with Crippen molar-refractivity contribution >= 4 is 16.8 Å². The van der Waals surface area contributed by atoms with Crippen molar-refractivity contribution in [1.82, 2.24) is 9.88 Å². The van der Waals surface area contributed by atoms with Crippen LogP contribution in [-0.2, 0) is 4.74 Å². The molecule has 0 spiro atoms. The van der Waals surface area contributed by atoms with Crippen LogP contribution in [0.1, 0.15) is 16.1 Å². The number of hydrogen-bond acceptors (Lipinski definition) is 2. The maximum absolute atomic E-state index is 12.3. The number of morpholine rings is 1. The lowest BCUT2D eigenvalue weighted by Crippen LogP contribution is -2.40. The van der Waals surface area contributed by atoms with Gasteiger partial charge < -0.3 is 14.6 Å². The Kier molecular flexibility index (Phi) is 2.80. The summed E-state index contributed by atoms with van der Waals surface area (Å²) in [5.74, 6) is 0.0638. The third-order valence-corrected chi connectivity index (χ3v) is 3.39. The van der Waals surface area contributed by atoms with E-state index < -0.39 is 0 Å². The first-order chi connectivity index (χ1) is 8.75. The molecule has 0 aliphatic carbocycles. The molecule has 1 fully saturated rings. The number of nitrogens with zero attached hydrogens (tertiary/aromatic N) is 1. The molecule has 1 amide bonds. The molecule has 3 rings (SSSR count). The lowest BCUT2D eigenvalue weighted by molar-refractivity contribution is 0.0299. The van der Waals surface area contributed by atoms with Crippen molar-refractivity contribution in [2.75, 3.05) is 26.3 Å². The number of hydrogen-bond donors (Lipinski definition) is 1. The van der Waals surface area contributed by atoms with Crippen molar-refractivity contribution < 1.29 is 9.53 Å². The Morgan fingerprint density at radius 1 is 1.33 bits per heavy atom. The molecular weight excluding hydrogens is 228 g/mol. The van der Waals surface area contributed by atoms with Gasteiger partial charge in [-0.25, -0.2) is 0 Å². The molecule has 1 aromatic heterocycles. The summed E-state index contributed by atoms with van der Waals surface area (Å²) in [6.07, 6.45) is 0. The number of carbonyl (C=O) groups excluding carboxylic acids is 1. The Bertz CT molecular complexity index is 582. The highest BCUT2D eigenvalue weighted by Gasteiger charge is 2.20. The quantitative estimate of drug-likeness (QED) is 0.833. The van der Waals surface area contributed by atoms with Gasteiger partial charge in [0.15, 0.2) is 0 Å². The number of H-pyrrole nitrogens is 1. The second-order valence-corrected chi connectivity index (χ2v) is 4.63. The number of fused-ring (bicyclic) bond motifs is 1. The standard InChI is InChI=1S/C14H16N2O2/c1-10-3-2-4-11-9-12(15-13(10)11)14(17)16-5-7-18-8-6-16/h2-4,9,15H,5-8H2,1H3. The van der Waals surface area contributed by atoms with Gasteiger partial charge in [0.2, 0.25) is 0 Å². The van der Waals surface area contributed by atoms with Crippen LogP contribution in [0.25, 0.3) is 10.9 Å². The smallest absolute Gasteiger partial charge is 0.270 e. The van der Waals surface area contributed by atoms with Crippen LogP contribution in [0.4, 0.5) is 0 Å². The van der Waals surface area contributed by atoms with E-state index in [1.807, 2.05) is 36.1 Å². The maximum atomic E-state index is 12.3. The van der Waals surface area contributed by atoms with Gasteiger partial charge in [-0.1, -0.05) is 18.2 Å². The summed E-state index contributed by atoms with van der Waals surface area (Å²) in [5.41, 5.74) is 2.88. The summed E-state index contributed by atoms with van der Waals surface area (Å²) < 4.78 is 5.26. The molecule has 18 heavy (non-hydrogen) atoms. The van der Waals surface area contributed by atoms with Gasteiger partial charge in [0.05, 0.1) is 13.2 Å². The molecule has 0 radical (unpaired) electrons. The zero-order valence-electron chi connectivity index (χ0n) is 10.4. The molecule has 1 N–H and O–H groups in total. The van der Waals surface area contributed by atoms with Crippen molar-refractivity contribution in [3.8, 4) is 0 Å². The van der Waals surface area contributed by atoms with Gasteiger partial charge in [0, 0.05) is 24.0 Å². The van der Waals surface area contributed by atoms with E-state index in [0.717, 1.165) is 16.5 Å². The average molecular weight is 244 g/mol. The number of nitrogens with one attached hydrogen (secondary N) is 1. The van der Waals surface area contributed by atoms with E-state index in [9.17, 15) is 4.79 Å². The summed E-state index contributed by atoms with van der Waals surface area (Å²) in [7, 11) is 0. The van der Waals surface area contributed by atoms with Crippen LogP contribution >= 0.6 is 0 Å². The fourth-order valence-corrected chi connectivity index (χ4v) is 2.36. The number of benzene rings is 1. The number of aryl methyl sites for hydroxylation is 1. The molecular formula is C14H16N2O2. The Labute approximate surface area is 106 Å². The van der Waals surface area contributed by atoms with E-state index in [1.54, 1.807) is 0 Å². The predicted molar refractivity (Wildman–Crippen MR) is 69.8 cm³/mol. The summed E-state index contributed by atoms with van der Waals surface area (Å²) in [6, 6.07) is 8.01. The predicted octanol–water partition coefficient (Wildman–Crippen LogP) is 1.95. The molecule has 1 aliphatic rings. The number of ether oxygens (including phenoxy) is 1. The van der Waals surface area contributed by atoms with Crippen LogP contribution in [0.3, 0.4) is 0 Å². The van der Waals surface area contributed by atoms with Gasteiger partial charge in [-0.3, -0.25) is 4.79 Å². The molecule has 2 heterocycles. The van der Waals surface area contributed by atoms with E-state index in [4.69, 9.17) is 4.74 Å². The van der Waals surface area contributed by atoms with Crippen molar-refractivity contribution in [3.05, 3.63) is 35.5 Å². The van der Waals surface area contributed by atoms with Gasteiger partial charge in [-0.15, -0.1) is 0 Å². The molecule has 0 saturated carbocycles. The van der Waals surface area contributed by atoms with Gasteiger partial charge in [0.1, 0.15) is 5.69 Å². The number of carbonyl (C=O) groups is 1. The minimum atomic E-state index is 0.0638. The second kappa shape index (κ2) is 4.46. The zero-order valence-corrected chi connectivity index (χ0v) is 10.4. The molecule has 1 aliphatic heterocycles. The van der Waals surface area contributed by atoms with Gasteiger partial charge >= 0.3 is 0 Å². The Morgan fingerprint density at radius 2 is 2.11 bits per heavy atom. The normalized spacial score (nSPS) is 16.2. The Morgan fingerprint density at radius 3 is 2.83 bits per heavy atom. The van der Waals surface area contributed by atoms with Gasteiger partial charge in [-0.05, 0) is 18.6 Å². The number of aromatic amines is 1. The minimum absolute atomic E-state index is 0.0638. The van der Waals surface area contributed by atoms with Gasteiger partial charge in [-0.2, -0.15) is 0 Å². The summed E-state index contributed by atoms with van der Waals surface area (Å²) in [4.78, 5) is 17.4.